The second-order valence-electron chi connectivity index (χ2n) is 4.06. The first-order chi connectivity index (χ1) is 10.5. The van der Waals surface area contributed by atoms with Gasteiger partial charge in [-0.1, -0.05) is 49.6 Å². The van der Waals surface area contributed by atoms with Crippen molar-refractivity contribution in [3.05, 3.63) is 0 Å². The number of carbonyl (C=O) groups is 2. The predicted molar refractivity (Wildman–Crippen MR) is 92.0 cm³/mol. The number of aliphatic hydroxyl groups excluding tert-OH is 2. The second-order valence-corrected chi connectivity index (χ2v) is 7.67. The zero-order valence-corrected chi connectivity index (χ0v) is 15.1. The molecule has 0 fully saturated rings. The monoisotopic (exact) mass is 370 g/mol. The number of rotatable bonds is 10. The summed E-state index contributed by atoms with van der Waals surface area (Å²) in [6, 6.07) is 0. The molecule has 0 radical (unpaired) electrons. The molecule has 0 aliphatic heterocycles. The fourth-order valence-corrected chi connectivity index (χ4v) is 4.08. The van der Waals surface area contributed by atoms with E-state index in [0.717, 1.165) is 0 Å². The number of carbonyl (C=O) groups excluding carboxylic acids is 2. The van der Waals surface area contributed by atoms with Crippen molar-refractivity contribution in [2.45, 2.75) is 37.2 Å². The molecule has 0 aliphatic carbocycles. The van der Waals surface area contributed by atoms with Gasteiger partial charge >= 0.3 is 11.9 Å². The molecule has 0 heterocycles. The predicted octanol–water partition coefficient (Wildman–Crippen LogP) is 1.37. The number of thioether (sulfide) groups is 2. The van der Waals surface area contributed by atoms with E-state index in [4.69, 9.17) is 31.9 Å². The molecular formula is C13H22O6S3. The van der Waals surface area contributed by atoms with Crippen molar-refractivity contribution in [1.29, 1.82) is 0 Å². The highest BCUT2D eigenvalue weighted by Gasteiger charge is 2.25. The molecule has 0 bridgehead atoms. The molecule has 0 saturated heterocycles. The second kappa shape index (κ2) is 13.1. The first-order valence-electron chi connectivity index (χ1n) is 6.92. The molecule has 0 aromatic heterocycles. The normalized spacial score (nSPS) is 13.3. The van der Waals surface area contributed by atoms with Crippen molar-refractivity contribution < 1.29 is 29.3 Å². The van der Waals surface area contributed by atoms with Crippen molar-refractivity contribution in [1.82, 2.24) is 0 Å². The zero-order valence-electron chi connectivity index (χ0n) is 12.6. The van der Waals surface area contributed by atoms with Gasteiger partial charge in [-0.15, -0.1) is 0 Å². The van der Waals surface area contributed by atoms with Crippen molar-refractivity contribution in [3.63, 3.8) is 0 Å². The number of hydrogen-bond acceptors (Lipinski definition) is 9. The summed E-state index contributed by atoms with van der Waals surface area (Å²) >= 11 is 7.55. The third-order valence-electron chi connectivity index (χ3n) is 2.42. The molecule has 2 N–H and O–H groups in total. The fourth-order valence-electron chi connectivity index (χ4n) is 1.33. The van der Waals surface area contributed by atoms with Crippen LogP contribution in [-0.2, 0) is 19.1 Å². The van der Waals surface area contributed by atoms with Crippen molar-refractivity contribution in [2.24, 2.45) is 0 Å². The smallest absolute Gasteiger partial charge is 0.319 e. The molecule has 0 amide bonds. The topological polar surface area (TPSA) is 93.1 Å². The van der Waals surface area contributed by atoms with E-state index in [1.165, 1.54) is 23.5 Å². The van der Waals surface area contributed by atoms with Crippen LogP contribution in [0.25, 0.3) is 0 Å². The third kappa shape index (κ3) is 8.94. The average Bonchev–Trinajstić information content (AvgIpc) is 2.52. The number of aliphatic hydroxyl groups is 2. The van der Waals surface area contributed by atoms with Gasteiger partial charge in [0.2, 0.25) is 0 Å². The van der Waals surface area contributed by atoms with Gasteiger partial charge in [0.15, 0.2) is 0 Å². The van der Waals surface area contributed by atoms with Crippen molar-refractivity contribution in [3.8, 4) is 0 Å². The molecular weight excluding hydrogens is 348 g/mol. The molecule has 6 nitrogen and oxygen atoms in total. The van der Waals surface area contributed by atoms with Gasteiger partial charge in [0.1, 0.15) is 27.2 Å². The Hall–Kier alpha value is -0.350. The maximum absolute atomic E-state index is 11.8. The summed E-state index contributed by atoms with van der Waals surface area (Å²) in [5, 5.41) is 16.4. The van der Waals surface area contributed by atoms with Crippen LogP contribution in [0.1, 0.15) is 26.7 Å². The average molecular weight is 371 g/mol. The van der Waals surface area contributed by atoms with Crippen molar-refractivity contribution in [2.75, 3.05) is 26.4 Å². The Balaban J connectivity index is 4.42. The van der Waals surface area contributed by atoms with Crippen LogP contribution in [0.5, 0.6) is 0 Å². The maximum atomic E-state index is 11.8. The van der Waals surface area contributed by atoms with E-state index in [9.17, 15) is 9.59 Å². The SMILES string of the molecule is CCC(SC(=S)SC(CC)C(=O)OCCO)C(=O)OCCO. The lowest BCUT2D eigenvalue weighted by Gasteiger charge is -2.17. The molecule has 22 heavy (non-hydrogen) atoms. The van der Waals surface area contributed by atoms with Crippen LogP contribution >= 0.6 is 35.7 Å². The minimum atomic E-state index is -0.461. The number of esters is 2. The van der Waals surface area contributed by atoms with Crippen LogP contribution in [0.2, 0.25) is 0 Å². The number of thiocarbonyl (C=S) groups is 1. The number of hydrogen-bond donors (Lipinski definition) is 2. The Bertz CT molecular complexity index is 332. The van der Waals surface area contributed by atoms with Gasteiger partial charge in [-0.2, -0.15) is 0 Å². The summed E-state index contributed by atoms with van der Waals surface area (Å²) in [4.78, 5) is 23.5. The quantitative estimate of drug-likeness (QED) is 0.437. The van der Waals surface area contributed by atoms with E-state index in [-0.39, 0.29) is 26.4 Å². The molecule has 0 rings (SSSR count). The van der Waals surface area contributed by atoms with E-state index in [2.05, 4.69) is 0 Å². The first kappa shape index (κ1) is 21.6. The Kier molecular flexibility index (Phi) is 12.9. The Morgan fingerprint density at radius 1 is 0.955 bits per heavy atom. The molecule has 2 unspecified atom stereocenters. The highest BCUT2D eigenvalue weighted by atomic mass is 32.2. The van der Waals surface area contributed by atoms with Crippen LogP contribution < -0.4 is 0 Å². The molecule has 0 spiro atoms. The maximum Gasteiger partial charge on any atom is 0.319 e. The van der Waals surface area contributed by atoms with Gasteiger partial charge in [-0.05, 0) is 12.8 Å². The molecule has 128 valence electrons. The van der Waals surface area contributed by atoms with Gasteiger partial charge in [-0.3, -0.25) is 9.59 Å². The highest BCUT2D eigenvalue weighted by molar-refractivity contribution is 8.47. The summed E-state index contributed by atoms with van der Waals surface area (Å²) in [6.45, 7) is 3.14. The van der Waals surface area contributed by atoms with Crippen molar-refractivity contribution >= 4 is 51.2 Å². The summed E-state index contributed by atoms with van der Waals surface area (Å²) in [6.07, 6.45) is 1.06. The van der Waals surface area contributed by atoms with Gasteiger partial charge in [0.25, 0.3) is 0 Å². The molecule has 0 saturated carbocycles. The fraction of sp³-hybridized carbons (Fsp3) is 0.769. The van der Waals surface area contributed by atoms with Gasteiger partial charge in [0.05, 0.1) is 13.2 Å². The summed E-state index contributed by atoms with van der Waals surface area (Å²) < 4.78 is 10.2. The Labute approximate surface area is 144 Å². The lowest BCUT2D eigenvalue weighted by Crippen LogP contribution is -2.24. The van der Waals surface area contributed by atoms with Crippen LogP contribution in [-0.4, -0.2) is 62.6 Å². The van der Waals surface area contributed by atoms with Crippen LogP contribution in [0.15, 0.2) is 0 Å². The van der Waals surface area contributed by atoms with E-state index >= 15 is 0 Å². The Morgan fingerprint density at radius 2 is 1.32 bits per heavy atom. The third-order valence-corrected chi connectivity index (χ3v) is 5.58. The lowest BCUT2D eigenvalue weighted by atomic mass is 10.3. The molecule has 0 aromatic carbocycles. The molecule has 9 heteroatoms. The van der Waals surface area contributed by atoms with Crippen LogP contribution in [0.4, 0.5) is 0 Å². The largest absolute Gasteiger partial charge is 0.462 e. The summed E-state index contributed by atoms with van der Waals surface area (Å²) in [5.74, 6) is -0.860. The summed E-state index contributed by atoms with van der Waals surface area (Å²) in [5.41, 5.74) is 0. The first-order valence-corrected chi connectivity index (χ1v) is 9.09. The highest BCUT2D eigenvalue weighted by Crippen LogP contribution is 2.29. The van der Waals surface area contributed by atoms with Gasteiger partial charge < -0.3 is 19.7 Å². The van der Waals surface area contributed by atoms with E-state index in [1.54, 1.807) is 0 Å². The van der Waals surface area contributed by atoms with Gasteiger partial charge in [0, 0.05) is 0 Å². The van der Waals surface area contributed by atoms with Crippen LogP contribution in [0, 0.1) is 0 Å². The minimum Gasteiger partial charge on any atom is -0.462 e. The van der Waals surface area contributed by atoms with E-state index in [1.807, 2.05) is 13.8 Å². The Morgan fingerprint density at radius 3 is 1.59 bits per heavy atom. The zero-order chi connectivity index (χ0) is 17.0. The standard InChI is InChI=1S/C13H22O6S3/c1-3-9(11(16)18-7-5-14)21-13(20)22-10(4-2)12(17)19-8-6-15/h9-10,14-15H,3-8H2,1-2H3. The molecule has 0 aliphatic rings. The van der Waals surface area contributed by atoms with Gasteiger partial charge in [-0.25, -0.2) is 0 Å². The van der Waals surface area contributed by atoms with E-state index < -0.39 is 22.4 Å². The lowest BCUT2D eigenvalue weighted by molar-refractivity contribution is -0.144. The number of ether oxygens (including phenoxy) is 2. The van der Waals surface area contributed by atoms with E-state index in [0.29, 0.717) is 16.4 Å². The molecule has 0 aromatic rings. The minimum absolute atomic E-state index is 0.0408. The molecule has 2 atom stereocenters. The van der Waals surface area contributed by atoms with Crippen LogP contribution in [0.3, 0.4) is 0 Å². The summed E-state index contributed by atoms with van der Waals surface area (Å²) in [7, 11) is 0.